The second-order valence-electron chi connectivity index (χ2n) is 6.93. The van der Waals surface area contributed by atoms with Crippen LogP contribution >= 0.6 is 0 Å². The molecule has 3 heteroatoms. The normalized spacial score (nSPS) is 23.7. The van der Waals surface area contributed by atoms with Crippen LogP contribution in [-0.2, 0) is 16.0 Å². The number of aryl methyl sites for hydroxylation is 1. The molecule has 1 aromatic rings. The molecule has 1 saturated heterocycles. The third kappa shape index (κ3) is 3.40. The van der Waals surface area contributed by atoms with E-state index in [9.17, 15) is 4.79 Å². The van der Waals surface area contributed by atoms with Gasteiger partial charge in [0, 0.05) is 18.0 Å². The molecule has 1 unspecified atom stereocenters. The van der Waals surface area contributed by atoms with Gasteiger partial charge in [-0.3, -0.25) is 4.79 Å². The van der Waals surface area contributed by atoms with Gasteiger partial charge in [-0.2, -0.15) is 0 Å². The number of hydrogen-bond donors (Lipinski definition) is 1. The number of Topliss-reactive ketones (excluding diaryl/α,β-unsaturated/α-hetero) is 1. The lowest BCUT2D eigenvalue weighted by Gasteiger charge is -2.26. The van der Waals surface area contributed by atoms with Gasteiger partial charge in [-0.1, -0.05) is 12.1 Å². The molecule has 20 heavy (non-hydrogen) atoms. The summed E-state index contributed by atoms with van der Waals surface area (Å²) in [5.74, 6) is 0.279. The second-order valence-corrected chi connectivity index (χ2v) is 6.93. The SMILES string of the molecule is CC1(C)CC(C(=O)CCc2cccc(N)c2)C(C)(C)O1. The Morgan fingerprint density at radius 1 is 1.35 bits per heavy atom. The first-order valence-electron chi connectivity index (χ1n) is 7.27. The summed E-state index contributed by atoms with van der Waals surface area (Å²) >= 11 is 0. The fraction of sp³-hybridized carbons (Fsp3) is 0.588. The lowest BCUT2D eigenvalue weighted by atomic mass is 9.82. The number of carbonyl (C=O) groups is 1. The van der Waals surface area contributed by atoms with Gasteiger partial charge in [0.2, 0.25) is 0 Å². The molecule has 2 N–H and O–H groups in total. The first-order chi connectivity index (χ1) is 9.20. The molecule has 0 saturated carbocycles. The number of hydrogen-bond acceptors (Lipinski definition) is 3. The van der Waals surface area contributed by atoms with Crippen LogP contribution in [0.25, 0.3) is 0 Å². The van der Waals surface area contributed by atoms with Crippen LogP contribution in [-0.4, -0.2) is 17.0 Å². The van der Waals surface area contributed by atoms with Crippen LogP contribution in [0.1, 0.15) is 46.1 Å². The summed E-state index contributed by atoms with van der Waals surface area (Å²) in [5.41, 5.74) is 7.06. The number of ether oxygens (including phenoxy) is 1. The van der Waals surface area contributed by atoms with E-state index in [1.165, 1.54) is 0 Å². The van der Waals surface area contributed by atoms with Gasteiger partial charge in [0.05, 0.1) is 11.2 Å². The minimum atomic E-state index is -0.365. The molecule has 0 amide bonds. The highest BCUT2D eigenvalue weighted by Gasteiger charge is 2.48. The van der Waals surface area contributed by atoms with Crippen LogP contribution in [0.5, 0.6) is 0 Å². The highest BCUT2D eigenvalue weighted by atomic mass is 16.5. The van der Waals surface area contributed by atoms with E-state index >= 15 is 0 Å². The number of nitrogen functional groups attached to an aromatic ring is 1. The van der Waals surface area contributed by atoms with Gasteiger partial charge in [0.1, 0.15) is 5.78 Å². The Morgan fingerprint density at radius 3 is 2.60 bits per heavy atom. The molecule has 1 fully saturated rings. The molecule has 1 aliphatic heterocycles. The minimum Gasteiger partial charge on any atom is -0.399 e. The van der Waals surface area contributed by atoms with E-state index in [-0.39, 0.29) is 17.1 Å². The van der Waals surface area contributed by atoms with Gasteiger partial charge in [-0.25, -0.2) is 0 Å². The first-order valence-corrected chi connectivity index (χ1v) is 7.27. The summed E-state index contributed by atoms with van der Waals surface area (Å²) in [5, 5.41) is 0. The average molecular weight is 275 g/mol. The van der Waals surface area contributed by atoms with E-state index in [0.29, 0.717) is 12.2 Å². The van der Waals surface area contributed by atoms with E-state index in [0.717, 1.165) is 24.1 Å². The Balaban J connectivity index is 1.99. The Bertz CT molecular complexity index is 505. The standard InChI is InChI=1S/C17H25NO2/c1-16(2)11-14(17(3,4)20-16)15(19)9-8-12-6-5-7-13(18)10-12/h5-7,10,14H,8-9,11,18H2,1-4H3. The molecule has 0 aliphatic carbocycles. The summed E-state index contributed by atoms with van der Waals surface area (Å²) < 4.78 is 6.00. The lowest BCUT2D eigenvalue weighted by Crippen LogP contribution is -2.33. The predicted octanol–water partition coefficient (Wildman–Crippen LogP) is 3.36. The van der Waals surface area contributed by atoms with Gasteiger partial charge < -0.3 is 10.5 Å². The number of anilines is 1. The lowest BCUT2D eigenvalue weighted by molar-refractivity contribution is -0.129. The monoisotopic (exact) mass is 275 g/mol. The fourth-order valence-corrected chi connectivity index (χ4v) is 3.25. The molecule has 110 valence electrons. The quantitative estimate of drug-likeness (QED) is 0.857. The largest absolute Gasteiger partial charge is 0.399 e. The summed E-state index contributed by atoms with van der Waals surface area (Å²) in [6.45, 7) is 8.15. The van der Waals surface area contributed by atoms with Crippen molar-refractivity contribution in [3.8, 4) is 0 Å². The van der Waals surface area contributed by atoms with Crippen molar-refractivity contribution < 1.29 is 9.53 Å². The maximum Gasteiger partial charge on any atom is 0.139 e. The van der Waals surface area contributed by atoms with Crippen molar-refractivity contribution in [3.05, 3.63) is 29.8 Å². The van der Waals surface area contributed by atoms with Gasteiger partial charge in [-0.15, -0.1) is 0 Å². The summed E-state index contributed by atoms with van der Waals surface area (Å²) in [6, 6.07) is 7.75. The Labute approximate surface area is 121 Å². The summed E-state index contributed by atoms with van der Waals surface area (Å²) in [6.07, 6.45) is 2.10. The molecule has 0 aromatic heterocycles. The van der Waals surface area contributed by atoms with Gasteiger partial charge in [-0.05, 0) is 58.2 Å². The molecule has 2 rings (SSSR count). The van der Waals surface area contributed by atoms with Crippen LogP contribution < -0.4 is 5.73 Å². The summed E-state index contributed by atoms with van der Waals surface area (Å²) in [4.78, 5) is 12.5. The molecular formula is C17H25NO2. The third-order valence-electron chi connectivity index (χ3n) is 4.07. The van der Waals surface area contributed by atoms with E-state index < -0.39 is 0 Å². The van der Waals surface area contributed by atoms with E-state index in [2.05, 4.69) is 13.8 Å². The predicted molar refractivity (Wildman–Crippen MR) is 81.5 cm³/mol. The average Bonchev–Trinajstić information content (AvgIpc) is 2.54. The fourth-order valence-electron chi connectivity index (χ4n) is 3.25. The zero-order valence-corrected chi connectivity index (χ0v) is 12.9. The van der Waals surface area contributed by atoms with Crippen LogP contribution in [0, 0.1) is 5.92 Å². The van der Waals surface area contributed by atoms with E-state index in [4.69, 9.17) is 10.5 Å². The molecule has 1 aromatic carbocycles. The minimum absolute atomic E-state index is 0.0152. The Hall–Kier alpha value is -1.35. The highest BCUT2D eigenvalue weighted by molar-refractivity contribution is 5.82. The van der Waals surface area contributed by atoms with E-state index in [1.54, 1.807) is 0 Å². The molecule has 1 heterocycles. The third-order valence-corrected chi connectivity index (χ3v) is 4.07. The van der Waals surface area contributed by atoms with Gasteiger partial charge in [0.25, 0.3) is 0 Å². The zero-order valence-electron chi connectivity index (χ0n) is 12.9. The Kier molecular flexibility index (Phi) is 3.92. The maximum atomic E-state index is 12.5. The van der Waals surface area contributed by atoms with Crippen molar-refractivity contribution in [2.24, 2.45) is 5.92 Å². The molecule has 1 aliphatic rings. The van der Waals surface area contributed by atoms with Crippen molar-refractivity contribution in [1.82, 2.24) is 0 Å². The molecule has 3 nitrogen and oxygen atoms in total. The summed E-state index contributed by atoms with van der Waals surface area (Å²) in [7, 11) is 0. The molecular weight excluding hydrogens is 250 g/mol. The molecule has 0 bridgehead atoms. The number of benzene rings is 1. The number of ketones is 1. The van der Waals surface area contributed by atoms with Crippen molar-refractivity contribution >= 4 is 11.5 Å². The van der Waals surface area contributed by atoms with Gasteiger partial charge in [0.15, 0.2) is 0 Å². The smallest absolute Gasteiger partial charge is 0.139 e. The molecule has 0 radical (unpaired) electrons. The van der Waals surface area contributed by atoms with E-state index in [1.807, 2.05) is 38.1 Å². The topological polar surface area (TPSA) is 52.3 Å². The van der Waals surface area contributed by atoms with Crippen molar-refractivity contribution in [2.75, 3.05) is 5.73 Å². The van der Waals surface area contributed by atoms with Gasteiger partial charge >= 0.3 is 0 Å². The van der Waals surface area contributed by atoms with Crippen LogP contribution in [0.15, 0.2) is 24.3 Å². The maximum absolute atomic E-state index is 12.5. The molecule has 0 spiro atoms. The zero-order chi connectivity index (χ0) is 15.0. The van der Waals surface area contributed by atoms with Crippen molar-refractivity contribution in [1.29, 1.82) is 0 Å². The number of rotatable bonds is 4. The number of carbonyl (C=O) groups excluding carboxylic acids is 1. The highest BCUT2D eigenvalue weighted by Crippen LogP contribution is 2.42. The molecule has 1 atom stereocenters. The van der Waals surface area contributed by atoms with Crippen molar-refractivity contribution in [2.45, 2.75) is 58.2 Å². The van der Waals surface area contributed by atoms with Crippen molar-refractivity contribution in [3.63, 3.8) is 0 Å². The Morgan fingerprint density at radius 2 is 2.05 bits per heavy atom. The van der Waals surface area contributed by atoms with Crippen LogP contribution in [0.3, 0.4) is 0 Å². The number of nitrogens with two attached hydrogens (primary N) is 1. The van der Waals surface area contributed by atoms with Crippen LogP contribution in [0.2, 0.25) is 0 Å². The first kappa shape index (κ1) is 15.0. The van der Waals surface area contributed by atoms with Crippen LogP contribution in [0.4, 0.5) is 5.69 Å². The second kappa shape index (κ2) is 5.21.